The summed E-state index contributed by atoms with van der Waals surface area (Å²) in [6.07, 6.45) is 26.0. The second-order valence-corrected chi connectivity index (χ2v) is 39.9. The van der Waals surface area contributed by atoms with Crippen LogP contribution >= 0.6 is 47.8 Å². The van der Waals surface area contributed by atoms with Crippen molar-refractivity contribution in [2.45, 2.75) is 180 Å². The van der Waals surface area contributed by atoms with Crippen molar-refractivity contribution < 1.29 is 0 Å². The van der Waals surface area contributed by atoms with Crippen molar-refractivity contribution in [1.82, 2.24) is 0 Å². The summed E-state index contributed by atoms with van der Waals surface area (Å²) >= 11 is 10.6. The van der Waals surface area contributed by atoms with Gasteiger partial charge < -0.3 is 16.0 Å². The number of fused-ring (bicyclic) bond motifs is 9. The van der Waals surface area contributed by atoms with E-state index in [2.05, 4.69) is 486 Å². The van der Waals surface area contributed by atoms with Crippen LogP contribution < -0.4 is 16.0 Å². The monoisotopic (exact) mass is 1970 g/mol. The summed E-state index contributed by atoms with van der Waals surface area (Å²) in [7, 11) is 0. The summed E-state index contributed by atoms with van der Waals surface area (Å²) in [5.74, 6) is 0. The van der Waals surface area contributed by atoms with Crippen molar-refractivity contribution in [2.24, 2.45) is 0 Å². The molecule has 682 valence electrons. The van der Waals surface area contributed by atoms with Crippen LogP contribution in [0.15, 0.2) is 420 Å². The van der Waals surface area contributed by atoms with Gasteiger partial charge in [-0.1, -0.05) is 459 Å². The number of benzene rings is 17. The van der Waals surface area contributed by atoms with E-state index in [-0.39, 0.29) is 18.3 Å². The Kier molecular flexibility index (Phi) is 31.6. The lowest BCUT2D eigenvalue weighted by atomic mass is 9.67. The minimum atomic E-state index is -0.515. The zero-order chi connectivity index (χ0) is 92.3. The fourth-order valence-corrected chi connectivity index (χ4v) is 22.3. The molecular formula is C130H126Br3N3. The lowest BCUT2D eigenvalue weighted by Crippen LogP contribution is -2.28. The molecule has 136 heavy (non-hydrogen) atoms. The van der Waals surface area contributed by atoms with Crippen LogP contribution in [0.4, 0.5) is 34.1 Å². The summed E-state index contributed by atoms with van der Waals surface area (Å²) in [6.45, 7) is 9.25. The van der Waals surface area contributed by atoms with Gasteiger partial charge in [-0.15, -0.1) is 0 Å². The highest BCUT2D eigenvalue weighted by Gasteiger charge is 2.48. The number of nitrogens with one attached hydrogen (secondary N) is 3. The minimum Gasteiger partial charge on any atom is -0.356 e. The summed E-state index contributed by atoms with van der Waals surface area (Å²) in [4.78, 5) is 0. The van der Waals surface area contributed by atoms with Crippen LogP contribution in [0.2, 0.25) is 0 Å². The molecule has 0 saturated carbocycles. The number of hydrogen-bond acceptors (Lipinski definition) is 3. The van der Waals surface area contributed by atoms with Gasteiger partial charge in [0.2, 0.25) is 0 Å². The first kappa shape index (κ1) is 95.3. The van der Waals surface area contributed by atoms with E-state index < -0.39 is 5.41 Å². The average Bonchev–Trinajstić information content (AvgIpc) is 1.53. The quantitative estimate of drug-likeness (QED) is 0.0352. The van der Waals surface area contributed by atoms with Crippen molar-refractivity contribution in [1.29, 1.82) is 0 Å². The molecule has 17 aromatic carbocycles. The molecular weight excluding hydrogens is 1840 g/mol. The maximum absolute atomic E-state index is 3.52. The van der Waals surface area contributed by atoms with Crippen molar-refractivity contribution >= 4 is 81.9 Å². The van der Waals surface area contributed by atoms with E-state index in [1.807, 2.05) is 12.1 Å². The Balaban J connectivity index is 0.000000142. The van der Waals surface area contributed by atoms with Crippen LogP contribution in [0.3, 0.4) is 0 Å². The molecule has 0 aromatic heterocycles. The maximum Gasteiger partial charge on any atom is 0.0714 e. The third-order valence-electron chi connectivity index (χ3n) is 28.5. The third-order valence-corrected chi connectivity index (χ3v) is 30.1. The molecule has 3 nitrogen and oxygen atoms in total. The van der Waals surface area contributed by atoms with Crippen LogP contribution in [0.1, 0.15) is 208 Å². The fourth-order valence-electron chi connectivity index (χ4n) is 21.5. The molecule has 0 fully saturated rings. The molecule has 6 heteroatoms. The summed E-state index contributed by atoms with van der Waals surface area (Å²) in [5, 5.41) is 10.5. The van der Waals surface area contributed by atoms with E-state index in [4.69, 9.17) is 0 Å². The fraction of sp³-hybridized carbons (Fsp3) is 0.215. The van der Waals surface area contributed by atoms with Gasteiger partial charge in [0, 0.05) is 58.4 Å². The normalized spacial score (nSPS) is 12.8. The molecule has 0 amide bonds. The van der Waals surface area contributed by atoms with Gasteiger partial charge in [0.05, 0.1) is 5.41 Å². The maximum atomic E-state index is 3.52. The lowest BCUT2D eigenvalue weighted by Gasteiger charge is -2.34. The smallest absolute Gasteiger partial charge is 0.0714 e. The minimum absolute atomic E-state index is 0. The first-order valence-electron chi connectivity index (χ1n) is 49.5. The molecule has 3 aliphatic carbocycles. The molecule has 17 aromatic rings. The Morgan fingerprint density at radius 1 is 0.184 bits per heavy atom. The lowest BCUT2D eigenvalue weighted by molar-refractivity contribution is 0.401. The Hall–Kier alpha value is -12.4. The van der Waals surface area contributed by atoms with Gasteiger partial charge in [0.1, 0.15) is 0 Å². The predicted octanol–water partition coefficient (Wildman–Crippen LogP) is 40.0. The Morgan fingerprint density at radius 2 is 0.397 bits per heavy atom. The van der Waals surface area contributed by atoms with E-state index in [9.17, 15) is 0 Å². The molecule has 0 saturated heterocycles. The van der Waals surface area contributed by atoms with Crippen LogP contribution in [-0.4, -0.2) is 0 Å². The highest BCUT2D eigenvalue weighted by atomic mass is 79.9. The topological polar surface area (TPSA) is 36.1 Å². The average molecular weight is 1970 g/mol. The van der Waals surface area contributed by atoms with Gasteiger partial charge in [-0.2, -0.15) is 0 Å². The first-order chi connectivity index (χ1) is 66.4. The number of unbranched alkanes of at least 4 members (excludes halogenated alkanes) is 12. The molecule has 0 atom stereocenters. The zero-order valence-corrected chi connectivity index (χ0v) is 83.2. The standard InChI is InChI=1S/C49H34BrN.C43H46BrN.C37H42BrN.CH4/c50-42-24-28-44(29-25-42)51-43-26-18-37(19-27-43)36-16-22-41(23-17-36)49(40-14-8-3-9-15-40)47-32-38(34-10-4-1-5-11-34)20-30-45(47)46-31-21-39(33-48(46)49)35-12-6-2-7-13-35;1-3-5-7-11-29-43(30-12-8-6-4-2)41-14-10-9-13-39(41)40-28-21-35(31-42(40)43)34-17-15-32(16-18-34)33-19-24-37(25-20-33)45-38-26-22-36(44)23-27-38;1-3-5-7-11-25-37(26-12-8-6-4-2)35-14-10-9-13-33(35)34-24-17-29(27-36(34)37)28-15-20-31(21-16-28)39-32-22-18-30(38)19-23-32;/h1-33,51H;9-10,13-28,31,45H,3-8,11-12,29-30H2,1-2H3;9-10,13-24,27,39H,3-8,11-12,25-26H2,1-2H3;1H4. The third kappa shape index (κ3) is 21.1. The first-order valence-corrected chi connectivity index (χ1v) is 51.8. The van der Waals surface area contributed by atoms with Gasteiger partial charge in [0.15, 0.2) is 0 Å². The Labute approximate surface area is 835 Å². The molecule has 3 aliphatic rings. The highest BCUT2D eigenvalue weighted by Crippen LogP contribution is 2.60. The highest BCUT2D eigenvalue weighted by molar-refractivity contribution is 9.11. The molecule has 0 unspecified atom stereocenters. The van der Waals surface area contributed by atoms with Crippen LogP contribution in [0.25, 0.3) is 100 Å². The van der Waals surface area contributed by atoms with Crippen LogP contribution in [0, 0.1) is 0 Å². The Morgan fingerprint density at radius 3 is 0.699 bits per heavy atom. The molecule has 20 rings (SSSR count). The van der Waals surface area contributed by atoms with Crippen LogP contribution in [0.5, 0.6) is 0 Å². The molecule has 0 radical (unpaired) electrons. The molecule has 0 spiro atoms. The van der Waals surface area contributed by atoms with E-state index in [1.54, 1.807) is 22.3 Å². The Bertz CT molecular complexity index is 6660. The van der Waals surface area contributed by atoms with Gasteiger partial charge in [-0.25, -0.2) is 0 Å². The van der Waals surface area contributed by atoms with E-state index in [0.717, 1.165) is 47.5 Å². The van der Waals surface area contributed by atoms with E-state index in [0.29, 0.717) is 0 Å². The van der Waals surface area contributed by atoms with Crippen LogP contribution in [-0.2, 0) is 16.2 Å². The van der Waals surface area contributed by atoms with Crippen molar-refractivity contribution in [2.75, 3.05) is 16.0 Å². The molecule has 0 heterocycles. The second-order valence-electron chi connectivity index (χ2n) is 37.2. The number of anilines is 6. The molecule has 3 N–H and O–H groups in total. The number of rotatable bonds is 34. The summed E-state index contributed by atoms with van der Waals surface area (Å²) in [5.41, 5.74) is 40.9. The summed E-state index contributed by atoms with van der Waals surface area (Å²) < 4.78 is 3.24. The second kappa shape index (κ2) is 45.0. The van der Waals surface area contributed by atoms with E-state index in [1.165, 1.54) is 251 Å². The van der Waals surface area contributed by atoms with Crippen molar-refractivity contribution in [3.63, 3.8) is 0 Å². The van der Waals surface area contributed by atoms with E-state index >= 15 is 0 Å². The predicted molar refractivity (Wildman–Crippen MR) is 596 cm³/mol. The van der Waals surface area contributed by atoms with Gasteiger partial charge in [-0.05, 0) is 304 Å². The molecule has 0 bridgehead atoms. The van der Waals surface area contributed by atoms with Gasteiger partial charge in [-0.3, -0.25) is 0 Å². The summed E-state index contributed by atoms with van der Waals surface area (Å²) in [6, 6.07) is 149. The van der Waals surface area contributed by atoms with Gasteiger partial charge in [0.25, 0.3) is 0 Å². The number of hydrogen-bond donors (Lipinski definition) is 3. The van der Waals surface area contributed by atoms with Gasteiger partial charge >= 0.3 is 0 Å². The SMILES string of the molecule is Brc1ccc(Nc2ccc(-c3ccc(C4(c5ccccc5)c5cc(-c6ccccc6)ccc5-c5ccc(-c6ccccc6)cc54)cc3)cc2)cc1.C.CCCCCCC1(CCCCCC)c2ccccc2-c2ccc(-c3ccc(-c4ccc(Nc5ccc(Br)cc5)cc4)cc3)cc21.CCCCCCC1(CCCCCC)c2ccccc2-c2ccc(-c3ccc(Nc4ccc(Br)cc4)cc3)cc21. The molecule has 0 aliphatic heterocycles. The largest absolute Gasteiger partial charge is 0.356 e. The van der Waals surface area contributed by atoms with Crippen molar-refractivity contribution in [3.05, 3.63) is 464 Å². The van der Waals surface area contributed by atoms with Crippen molar-refractivity contribution in [3.8, 4) is 100 Å². The zero-order valence-electron chi connectivity index (χ0n) is 78.5. The number of halogens is 3.